The first-order chi connectivity index (χ1) is 8.79. The summed E-state index contributed by atoms with van der Waals surface area (Å²) in [5.74, 6) is 0. The fourth-order valence-corrected chi connectivity index (χ4v) is 2.88. The molecule has 0 aromatic heterocycles. The standard InChI is InChI=1S/C17H19N/c1-2-12-6-8-13(9-7-12)14-4-3-5-16-15(14)10-11-17(16)18/h3-9,17H,2,10-11,18H2,1H3. The third-order valence-corrected chi connectivity index (χ3v) is 3.99. The molecule has 2 N–H and O–H groups in total. The fraction of sp³-hybridized carbons (Fsp3) is 0.294. The van der Waals surface area contributed by atoms with Crippen LogP contribution in [-0.4, -0.2) is 0 Å². The zero-order chi connectivity index (χ0) is 12.5. The molecule has 0 fully saturated rings. The molecule has 1 nitrogen and oxygen atoms in total. The van der Waals surface area contributed by atoms with Crippen molar-refractivity contribution in [3.63, 3.8) is 0 Å². The maximum atomic E-state index is 6.14. The summed E-state index contributed by atoms with van der Waals surface area (Å²) in [6.45, 7) is 2.19. The van der Waals surface area contributed by atoms with E-state index in [0.717, 1.165) is 19.3 Å². The van der Waals surface area contributed by atoms with Gasteiger partial charge in [0.25, 0.3) is 0 Å². The van der Waals surface area contributed by atoms with Gasteiger partial charge in [0, 0.05) is 6.04 Å². The highest BCUT2D eigenvalue weighted by Crippen LogP contribution is 2.36. The minimum absolute atomic E-state index is 0.231. The van der Waals surface area contributed by atoms with Gasteiger partial charge in [0.05, 0.1) is 0 Å². The van der Waals surface area contributed by atoms with Crippen molar-refractivity contribution >= 4 is 0 Å². The molecule has 1 unspecified atom stereocenters. The molecule has 0 heterocycles. The zero-order valence-corrected chi connectivity index (χ0v) is 10.8. The highest BCUT2D eigenvalue weighted by Gasteiger charge is 2.21. The normalized spacial score (nSPS) is 17.8. The van der Waals surface area contributed by atoms with Gasteiger partial charge in [-0.1, -0.05) is 49.4 Å². The van der Waals surface area contributed by atoms with Crippen LogP contribution in [0, 0.1) is 0 Å². The molecule has 92 valence electrons. The van der Waals surface area contributed by atoms with Gasteiger partial charge in [0.15, 0.2) is 0 Å². The van der Waals surface area contributed by atoms with E-state index >= 15 is 0 Å². The van der Waals surface area contributed by atoms with E-state index in [-0.39, 0.29) is 6.04 Å². The highest BCUT2D eigenvalue weighted by atomic mass is 14.6. The van der Waals surface area contributed by atoms with E-state index in [0.29, 0.717) is 0 Å². The first kappa shape index (κ1) is 11.5. The van der Waals surface area contributed by atoms with Crippen molar-refractivity contribution in [1.82, 2.24) is 0 Å². The summed E-state index contributed by atoms with van der Waals surface area (Å²) in [6.07, 6.45) is 3.29. The second-order valence-corrected chi connectivity index (χ2v) is 5.07. The second kappa shape index (κ2) is 4.58. The maximum Gasteiger partial charge on any atom is 0.0300 e. The lowest BCUT2D eigenvalue weighted by molar-refractivity contribution is 0.713. The molecule has 1 heteroatoms. The van der Waals surface area contributed by atoms with E-state index in [1.165, 1.54) is 27.8 Å². The molecule has 2 aromatic rings. The summed E-state index contributed by atoms with van der Waals surface area (Å²) in [5, 5.41) is 0. The molecule has 1 aliphatic carbocycles. The van der Waals surface area contributed by atoms with E-state index in [4.69, 9.17) is 5.73 Å². The maximum absolute atomic E-state index is 6.14. The zero-order valence-electron chi connectivity index (χ0n) is 10.8. The lowest BCUT2D eigenvalue weighted by Gasteiger charge is -2.10. The molecule has 0 saturated heterocycles. The summed E-state index contributed by atoms with van der Waals surface area (Å²) < 4.78 is 0. The molecule has 18 heavy (non-hydrogen) atoms. The van der Waals surface area contributed by atoms with E-state index in [2.05, 4.69) is 49.4 Å². The van der Waals surface area contributed by atoms with Crippen LogP contribution in [0.25, 0.3) is 11.1 Å². The van der Waals surface area contributed by atoms with Crippen molar-refractivity contribution in [2.45, 2.75) is 32.2 Å². The summed E-state index contributed by atoms with van der Waals surface area (Å²) in [4.78, 5) is 0. The van der Waals surface area contributed by atoms with Gasteiger partial charge in [-0.3, -0.25) is 0 Å². The van der Waals surface area contributed by atoms with Crippen molar-refractivity contribution in [2.75, 3.05) is 0 Å². The van der Waals surface area contributed by atoms with E-state index in [1.807, 2.05) is 0 Å². The van der Waals surface area contributed by atoms with Crippen LogP contribution in [0.2, 0.25) is 0 Å². The Morgan fingerprint density at radius 1 is 1.11 bits per heavy atom. The van der Waals surface area contributed by atoms with Crippen LogP contribution in [0.15, 0.2) is 42.5 Å². The monoisotopic (exact) mass is 237 g/mol. The molecule has 1 aliphatic rings. The smallest absolute Gasteiger partial charge is 0.0300 e. The molecule has 0 spiro atoms. The molecule has 0 aliphatic heterocycles. The Kier molecular flexibility index (Phi) is 2.92. The minimum Gasteiger partial charge on any atom is -0.324 e. The van der Waals surface area contributed by atoms with Crippen LogP contribution in [0.4, 0.5) is 0 Å². The topological polar surface area (TPSA) is 26.0 Å². The molecular weight excluding hydrogens is 218 g/mol. The summed E-state index contributed by atoms with van der Waals surface area (Å²) in [5.41, 5.74) is 13.0. The molecule has 0 amide bonds. The van der Waals surface area contributed by atoms with Gasteiger partial charge in [-0.2, -0.15) is 0 Å². The third kappa shape index (κ3) is 1.85. The van der Waals surface area contributed by atoms with Crippen molar-refractivity contribution < 1.29 is 0 Å². The third-order valence-electron chi connectivity index (χ3n) is 3.99. The predicted octanol–water partition coefficient (Wildman–Crippen LogP) is 3.86. The largest absolute Gasteiger partial charge is 0.324 e. The highest BCUT2D eigenvalue weighted by molar-refractivity contribution is 5.70. The summed E-state index contributed by atoms with van der Waals surface area (Å²) in [7, 11) is 0. The Labute approximate surface area is 109 Å². The molecule has 1 atom stereocenters. The number of benzene rings is 2. The van der Waals surface area contributed by atoms with Crippen LogP contribution in [0.1, 0.15) is 36.1 Å². The quantitative estimate of drug-likeness (QED) is 0.843. The van der Waals surface area contributed by atoms with Crippen LogP contribution in [0.5, 0.6) is 0 Å². The molecule has 3 rings (SSSR count). The van der Waals surface area contributed by atoms with E-state index in [9.17, 15) is 0 Å². The SMILES string of the molecule is CCc1ccc(-c2cccc3c2CCC3N)cc1. The lowest BCUT2D eigenvalue weighted by Crippen LogP contribution is -2.04. The van der Waals surface area contributed by atoms with Crippen molar-refractivity contribution in [1.29, 1.82) is 0 Å². The lowest BCUT2D eigenvalue weighted by atomic mass is 9.95. The molecule has 2 aromatic carbocycles. The number of hydrogen-bond acceptors (Lipinski definition) is 1. The fourth-order valence-electron chi connectivity index (χ4n) is 2.88. The van der Waals surface area contributed by atoms with Gasteiger partial charge in [0.2, 0.25) is 0 Å². The van der Waals surface area contributed by atoms with Crippen LogP contribution in [-0.2, 0) is 12.8 Å². The first-order valence-electron chi connectivity index (χ1n) is 6.76. The van der Waals surface area contributed by atoms with Gasteiger partial charge >= 0.3 is 0 Å². The minimum atomic E-state index is 0.231. The average Bonchev–Trinajstić information content (AvgIpc) is 2.81. The first-order valence-corrected chi connectivity index (χ1v) is 6.76. The van der Waals surface area contributed by atoms with Crippen LogP contribution in [0.3, 0.4) is 0 Å². The predicted molar refractivity (Wildman–Crippen MR) is 76.5 cm³/mol. The van der Waals surface area contributed by atoms with Crippen molar-refractivity contribution in [3.05, 3.63) is 59.2 Å². The molecule has 0 bridgehead atoms. The summed E-state index contributed by atoms with van der Waals surface area (Å²) in [6, 6.07) is 15.7. The average molecular weight is 237 g/mol. The number of aryl methyl sites for hydroxylation is 1. The molecule has 0 radical (unpaired) electrons. The van der Waals surface area contributed by atoms with Gasteiger partial charge in [0.1, 0.15) is 0 Å². The van der Waals surface area contributed by atoms with Crippen LogP contribution >= 0.6 is 0 Å². The van der Waals surface area contributed by atoms with Gasteiger partial charge < -0.3 is 5.73 Å². The molecule has 0 saturated carbocycles. The van der Waals surface area contributed by atoms with Crippen LogP contribution < -0.4 is 5.73 Å². The van der Waals surface area contributed by atoms with Crippen molar-refractivity contribution in [2.24, 2.45) is 5.73 Å². The number of nitrogens with two attached hydrogens (primary N) is 1. The Morgan fingerprint density at radius 3 is 2.61 bits per heavy atom. The number of hydrogen-bond donors (Lipinski definition) is 1. The Balaban J connectivity index is 2.06. The number of fused-ring (bicyclic) bond motifs is 1. The van der Waals surface area contributed by atoms with Gasteiger partial charge in [-0.25, -0.2) is 0 Å². The number of rotatable bonds is 2. The summed E-state index contributed by atoms with van der Waals surface area (Å²) >= 11 is 0. The van der Waals surface area contributed by atoms with E-state index < -0.39 is 0 Å². The van der Waals surface area contributed by atoms with E-state index in [1.54, 1.807) is 0 Å². The van der Waals surface area contributed by atoms with Gasteiger partial charge in [-0.05, 0) is 47.1 Å². The second-order valence-electron chi connectivity index (χ2n) is 5.07. The van der Waals surface area contributed by atoms with Crippen molar-refractivity contribution in [3.8, 4) is 11.1 Å². The van der Waals surface area contributed by atoms with Gasteiger partial charge in [-0.15, -0.1) is 0 Å². The Hall–Kier alpha value is -1.60. The Morgan fingerprint density at radius 2 is 1.89 bits per heavy atom. The molecular formula is C17H19N. The Bertz CT molecular complexity index is 554.